The largest absolute Gasteiger partial charge is 0.481 e. The van der Waals surface area contributed by atoms with Crippen LogP contribution < -0.4 is 43.4 Å². The number of carboxylic acid groups (broad SMARTS) is 1. The number of ether oxygens (including phenoxy) is 2. The molecule has 101 heavy (non-hydrogen) atoms. The summed E-state index contributed by atoms with van der Waals surface area (Å²) >= 11 is 6.60. The molecule has 8 fully saturated rings. The number of carbonyl (C=O) groups excluding carboxylic acids is 5. The fraction of sp³-hybridized carbons (Fsp3) is 0.747. The van der Waals surface area contributed by atoms with E-state index in [1.807, 2.05) is 72.5 Å². The molecule has 0 atom stereocenters. The van der Waals surface area contributed by atoms with E-state index in [1.54, 1.807) is 45.3 Å². The first kappa shape index (κ1) is 80.7. The molecule has 0 saturated heterocycles. The van der Waals surface area contributed by atoms with E-state index in [9.17, 15) is 28.8 Å². The van der Waals surface area contributed by atoms with Crippen LogP contribution in [0.3, 0.4) is 0 Å². The van der Waals surface area contributed by atoms with Crippen molar-refractivity contribution in [2.75, 3.05) is 21.7 Å². The molecule has 0 bridgehead atoms. The van der Waals surface area contributed by atoms with Crippen molar-refractivity contribution in [2.24, 2.45) is 29.4 Å². The Morgan fingerprint density at radius 1 is 0.426 bits per heavy atom. The van der Waals surface area contributed by atoms with Gasteiger partial charge in [0.2, 0.25) is 17.7 Å². The second kappa shape index (κ2) is 40.9. The van der Waals surface area contributed by atoms with Crippen LogP contribution in [-0.2, 0) is 28.7 Å². The predicted molar refractivity (Wildman–Crippen MR) is 404 cm³/mol. The first-order valence-electron chi connectivity index (χ1n) is 38.0. The number of carboxylic acids is 1. The van der Waals surface area contributed by atoms with Crippen molar-refractivity contribution in [3.05, 3.63) is 44.3 Å². The number of aromatic nitrogens is 4. The SMILES string of the molecule is CC(C)(C)OC(=O)NC1CCC(C(=O)Nc2ncc(C3CCCCC3)s2)CC1.CC(C)(C)OC(=O)NC1CCC(C(=O)O)CC1.N#CNC1CCC(C(=O)Nc2ncc(C3CCCCC3)s2)CC1.NC1CCC(C(=O)Nc2ncc(C3CCCCC3)s2)CC1.Nc1ncc(C2CCCCC2)s1. The van der Waals surface area contributed by atoms with Crippen molar-refractivity contribution >= 4 is 102 Å². The Kier molecular flexibility index (Phi) is 32.7. The minimum Gasteiger partial charge on any atom is -0.481 e. The van der Waals surface area contributed by atoms with Gasteiger partial charge in [-0.05, 0) is 219 Å². The smallest absolute Gasteiger partial charge is 0.407 e. The molecule has 0 aromatic carbocycles. The number of nitrogens with zero attached hydrogens (tertiary/aromatic N) is 5. The zero-order valence-corrected chi connectivity index (χ0v) is 64.2. The van der Waals surface area contributed by atoms with Crippen LogP contribution >= 0.6 is 45.3 Å². The first-order chi connectivity index (χ1) is 48.4. The third-order valence-corrected chi connectivity index (χ3v) is 25.2. The Bertz CT molecular complexity index is 3210. The van der Waals surface area contributed by atoms with E-state index in [0.717, 1.165) is 103 Å². The van der Waals surface area contributed by atoms with Crippen molar-refractivity contribution in [3.63, 3.8) is 0 Å². The molecule has 4 heterocycles. The van der Waals surface area contributed by atoms with Crippen LogP contribution in [0.15, 0.2) is 24.8 Å². The highest BCUT2D eigenvalue weighted by atomic mass is 32.1. The Balaban J connectivity index is 0.000000164. The molecule has 8 aliphatic rings. The lowest BCUT2D eigenvalue weighted by Crippen LogP contribution is -2.42. The number of carbonyl (C=O) groups is 6. The topological polar surface area (TPSA) is 341 Å². The summed E-state index contributed by atoms with van der Waals surface area (Å²) in [4.78, 5) is 94.1. The van der Waals surface area contributed by atoms with Crippen LogP contribution in [0.5, 0.6) is 0 Å². The Morgan fingerprint density at radius 2 is 0.713 bits per heavy atom. The molecule has 0 unspecified atom stereocenters. The predicted octanol–water partition coefficient (Wildman–Crippen LogP) is 17.5. The normalized spacial score (nSPS) is 24.7. The summed E-state index contributed by atoms with van der Waals surface area (Å²) in [5.74, 6) is 2.11. The molecule has 5 amide bonds. The summed E-state index contributed by atoms with van der Waals surface area (Å²) < 4.78 is 10.5. The van der Waals surface area contributed by atoms with Crippen LogP contribution in [0.1, 0.15) is 316 Å². The summed E-state index contributed by atoms with van der Waals surface area (Å²) in [6.07, 6.45) is 48.3. The number of nitrogen functional groups attached to an aromatic ring is 1. The molecular formula is C75H117N13O9S4. The third kappa shape index (κ3) is 28.5. The van der Waals surface area contributed by atoms with Gasteiger partial charge in [-0.1, -0.05) is 77.0 Å². The maximum Gasteiger partial charge on any atom is 0.407 e. The van der Waals surface area contributed by atoms with Crippen molar-refractivity contribution in [2.45, 2.75) is 332 Å². The van der Waals surface area contributed by atoms with Gasteiger partial charge < -0.3 is 57.9 Å². The van der Waals surface area contributed by atoms with E-state index in [1.165, 1.54) is 148 Å². The van der Waals surface area contributed by atoms with Gasteiger partial charge in [-0.25, -0.2) is 29.5 Å². The maximum absolute atomic E-state index is 12.6. The first-order valence-corrected chi connectivity index (χ1v) is 41.3. The number of alkyl carbamates (subject to hydrolysis) is 2. The van der Waals surface area contributed by atoms with E-state index in [-0.39, 0.29) is 71.7 Å². The lowest BCUT2D eigenvalue weighted by molar-refractivity contribution is -0.143. The molecule has 8 saturated carbocycles. The van der Waals surface area contributed by atoms with E-state index in [4.69, 9.17) is 31.3 Å². The number of nitriles is 1. The zero-order valence-electron chi connectivity index (χ0n) is 60.9. The van der Waals surface area contributed by atoms with Gasteiger partial charge in [0.15, 0.2) is 26.7 Å². The van der Waals surface area contributed by atoms with Crippen LogP contribution in [-0.4, -0.2) is 96.3 Å². The fourth-order valence-corrected chi connectivity index (χ4v) is 19.0. The molecule has 0 aliphatic heterocycles. The second-order valence-electron chi connectivity index (χ2n) is 31.3. The number of thiazole rings is 4. The molecule has 4 aromatic rings. The van der Waals surface area contributed by atoms with E-state index in [0.29, 0.717) is 43.4 Å². The number of hydrogen-bond donors (Lipinski definition) is 9. The Morgan fingerprint density at radius 3 is 1.00 bits per heavy atom. The van der Waals surface area contributed by atoms with Crippen molar-refractivity contribution in [3.8, 4) is 6.19 Å². The highest BCUT2D eigenvalue weighted by Crippen LogP contribution is 2.41. The standard InChI is InChI=1S/C21H33N3O3S.C17H24N4OS.C16H25N3OS.C12H21NO4.C9H14N2S/c1-21(2,3)27-20(26)23-16-11-9-15(10-12-16)18(25)24-19-22-13-17(28-19)14-7-5-4-6-8-14;18-11-20-14-8-6-13(7-9-14)16(22)21-17-19-10-15(23-17)12-4-2-1-3-5-12;17-13-8-6-12(7-9-13)15(20)19-16-18-10-14(21-16)11-4-2-1-3-5-11;1-12(2,3)17-11(16)13-9-6-4-8(5-7-9)10(14)15;10-9-11-6-8(12-9)7-4-2-1-3-5-7/h13-16H,4-12H2,1-3H3,(H,23,26)(H,22,24,25);10,12-14,20H,1-9H2,(H,19,21,22);10-13H,1-9,17H2,(H,18,19,20);8-9H,4-7H2,1-3H3,(H,13,16)(H,14,15);6-7H,1-5H2,(H2,10,11). The zero-order chi connectivity index (χ0) is 72.3. The number of nitrogens with two attached hydrogens (primary N) is 2. The van der Waals surface area contributed by atoms with Crippen molar-refractivity contribution in [1.29, 1.82) is 5.26 Å². The van der Waals surface area contributed by atoms with E-state index >= 15 is 0 Å². The van der Waals surface area contributed by atoms with Gasteiger partial charge >= 0.3 is 18.2 Å². The Hall–Kier alpha value is -6.01. The summed E-state index contributed by atoms with van der Waals surface area (Å²) in [6, 6.07) is 0.644. The summed E-state index contributed by atoms with van der Waals surface area (Å²) in [7, 11) is 0. The molecule has 12 rings (SSSR count). The van der Waals surface area contributed by atoms with Crippen molar-refractivity contribution in [1.82, 2.24) is 35.9 Å². The summed E-state index contributed by atoms with van der Waals surface area (Å²) in [5.41, 5.74) is 10.5. The number of nitrogens with one attached hydrogen (secondary N) is 6. The molecule has 8 aliphatic carbocycles. The lowest BCUT2D eigenvalue weighted by Gasteiger charge is -2.29. The number of rotatable bonds is 14. The van der Waals surface area contributed by atoms with Gasteiger partial charge in [-0.15, -0.1) is 45.3 Å². The molecule has 26 heteroatoms. The highest BCUT2D eigenvalue weighted by Gasteiger charge is 2.33. The fourth-order valence-electron chi connectivity index (χ4n) is 15.2. The molecule has 560 valence electrons. The molecule has 11 N–H and O–H groups in total. The number of amides is 5. The molecule has 22 nitrogen and oxygen atoms in total. The molecule has 0 spiro atoms. The second-order valence-corrected chi connectivity index (χ2v) is 35.5. The van der Waals surface area contributed by atoms with E-state index in [2.05, 4.69) is 51.8 Å². The van der Waals surface area contributed by atoms with E-state index < -0.39 is 23.3 Å². The molecular weight excluding hydrogens is 1360 g/mol. The van der Waals surface area contributed by atoms with Crippen LogP contribution in [0, 0.1) is 35.1 Å². The van der Waals surface area contributed by atoms with Gasteiger partial charge in [-0.2, -0.15) is 5.26 Å². The van der Waals surface area contributed by atoms with Gasteiger partial charge in [-0.3, -0.25) is 19.2 Å². The molecule has 4 aromatic heterocycles. The average molecular weight is 1470 g/mol. The highest BCUT2D eigenvalue weighted by molar-refractivity contribution is 7.16. The monoisotopic (exact) mass is 1470 g/mol. The number of anilines is 4. The van der Waals surface area contributed by atoms with Gasteiger partial charge in [0.25, 0.3) is 0 Å². The summed E-state index contributed by atoms with van der Waals surface area (Å²) in [5, 5.41) is 38.0. The van der Waals surface area contributed by atoms with Crippen LogP contribution in [0.2, 0.25) is 0 Å². The third-order valence-electron chi connectivity index (χ3n) is 21.0. The van der Waals surface area contributed by atoms with Crippen LogP contribution in [0.25, 0.3) is 0 Å². The minimum absolute atomic E-state index is 0.0151. The minimum atomic E-state index is -0.735. The lowest BCUT2D eigenvalue weighted by atomic mass is 9.85. The van der Waals surface area contributed by atoms with Gasteiger partial charge in [0.05, 0.1) is 5.92 Å². The molecule has 0 radical (unpaired) electrons. The van der Waals surface area contributed by atoms with Gasteiger partial charge in [0.1, 0.15) is 11.2 Å². The quantitative estimate of drug-likeness (QED) is 0.0418. The van der Waals surface area contributed by atoms with Gasteiger partial charge in [0, 0.05) is 86.2 Å². The number of aliphatic carboxylic acids is 1. The van der Waals surface area contributed by atoms with Crippen LogP contribution in [0.4, 0.5) is 30.1 Å². The van der Waals surface area contributed by atoms with Crippen molar-refractivity contribution < 1.29 is 43.3 Å². The maximum atomic E-state index is 12.6. The summed E-state index contributed by atoms with van der Waals surface area (Å²) in [6.45, 7) is 11.0. The average Bonchev–Trinajstić information content (AvgIpc) is 1.82. The Labute approximate surface area is 615 Å². The number of hydrogen-bond acceptors (Lipinski definition) is 20.